The van der Waals surface area contributed by atoms with Crippen LogP contribution in [0.4, 0.5) is 26.2 Å². The van der Waals surface area contributed by atoms with Gasteiger partial charge in [-0.3, -0.25) is 0 Å². The van der Waals surface area contributed by atoms with Crippen molar-refractivity contribution < 1.29 is 8.78 Å². The molecule has 0 atom stereocenters. The minimum absolute atomic E-state index is 0.266. The molecule has 3 rings (SSSR count). The predicted molar refractivity (Wildman–Crippen MR) is 85.4 cm³/mol. The van der Waals surface area contributed by atoms with E-state index in [-0.39, 0.29) is 11.6 Å². The number of benzene rings is 2. The molecular weight excluding hydrogens is 298 g/mol. The molecule has 0 amide bonds. The van der Waals surface area contributed by atoms with Crippen LogP contribution in [-0.2, 0) is 6.54 Å². The van der Waals surface area contributed by atoms with E-state index in [1.165, 1.54) is 24.3 Å². The average molecular weight is 312 g/mol. The smallest absolute Gasteiger partial charge is 0.229 e. The molecule has 23 heavy (non-hydrogen) atoms. The van der Waals surface area contributed by atoms with Crippen LogP contribution in [0.1, 0.15) is 5.56 Å². The van der Waals surface area contributed by atoms with Crippen LogP contribution in [0.5, 0.6) is 0 Å². The van der Waals surface area contributed by atoms with Crippen molar-refractivity contribution >= 4 is 17.5 Å². The van der Waals surface area contributed by atoms with E-state index < -0.39 is 0 Å². The van der Waals surface area contributed by atoms with Crippen LogP contribution in [0.15, 0.2) is 60.8 Å². The van der Waals surface area contributed by atoms with E-state index in [1.807, 2.05) is 0 Å². The zero-order valence-corrected chi connectivity index (χ0v) is 12.1. The number of hydrogen-bond donors (Lipinski definition) is 2. The summed E-state index contributed by atoms with van der Waals surface area (Å²) in [5.41, 5.74) is 1.50. The van der Waals surface area contributed by atoms with E-state index in [2.05, 4.69) is 20.6 Å². The molecule has 2 aromatic carbocycles. The lowest BCUT2D eigenvalue weighted by Crippen LogP contribution is -2.04. The Hall–Kier alpha value is -3.02. The van der Waals surface area contributed by atoms with Crippen molar-refractivity contribution in [2.24, 2.45) is 0 Å². The van der Waals surface area contributed by atoms with E-state index in [1.54, 1.807) is 36.5 Å². The van der Waals surface area contributed by atoms with Gasteiger partial charge in [-0.25, -0.2) is 13.8 Å². The summed E-state index contributed by atoms with van der Waals surface area (Å²) in [5.74, 6) is 0.376. The fraction of sp³-hybridized carbons (Fsp3) is 0.0588. The van der Waals surface area contributed by atoms with Crippen LogP contribution in [0.25, 0.3) is 0 Å². The van der Waals surface area contributed by atoms with Gasteiger partial charge in [0.25, 0.3) is 0 Å². The van der Waals surface area contributed by atoms with E-state index in [0.29, 0.717) is 24.0 Å². The Labute approximate surface area is 132 Å². The van der Waals surface area contributed by atoms with Crippen LogP contribution in [0.2, 0.25) is 0 Å². The van der Waals surface area contributed by atoms with Crippen molar-refractivity contribution in [3.63, 3.8) is 0 Å². The lowest BCUT2D eigenvalue weighted by molar-refractivity contribution is 0.627. The molecule has 0 spiro atoms. The standard InChI is InChI=1S/C17H14F2N4/c18-13-6-4-12(5-7-13)11-21-16-8-9-20-17(23-16)22-15-3-1-2-14(19)10-15/h1-10H,11H2,(H2,20,21,22,23). The molecule has 0 radical (unpaired) electrons. The molecule has 3 aromatic rings. The molecule has 1 aromatic heterocycles. The number of anilines is 3. The molecule has 2 N–H and O–H groups in total. The highest BCUT2D eigenvalue weighted by Crippen LogP contribution is 2.15. The van der Waals surface area contributed by atoms with E-state index in [4.69, 9.17) is 0 Å². The summed E-state index contributed by atoms with van der Waals surface area (Å²) < 4.78 is 26.0. The Morgan fingerprint density at radius 1 is 0.913 bits per heavy atom. The molecule has 0 aliphatic heterocycles. The molecule has 0 saturated heterocycles. The largest absolute Gasteiger partial charge is 0.366 e. The van der Waals surface area contributed by atoms with Crippen molar-refractivity contribution in [1.82, 2.24) is 9.97 Å². The summed E-state index contributed by atoms with van der Waals surface area (Å²) in [7, 11) is 0. The van der Waals surface area contributed by atoms with Crippen molar-refractivity contribution in [2.75, 3.05) is 10.6 Å². The zero-order chi connectivity index (χ0) is 16.1. The van der Waals surface area contributed by atoms with Gasteiger partial charge in [0.1, 0.15) is 17.5 Å². The predicted octanol–water partition coefficient (Wildman–Crippen LogP) is 4.11. The highest BCUT2D eigenvalue weighted by molar-refractivity contribution is 5.54. The summed E-state index contributed by atoms with van der Waals surface area (Å²) in [4.78, 5) is 8.40. The molecular formula is C17H14F2N4. The number of halogens is 2. The van der Waals surface area contributed by atoms with Gasteiger partial charge in [0, 0.05) is 18.4 Å². The van der Waals surface area contributed by atoms with Gasteiger partial charge in [-0.2, -0.15) is 4.98 Å². The second kappa shape index (κ2) is 6.83. The fourth-order valence-electron chi connectivity index (χ4n) is 2.01. The third kappa shape index (κ3) is 4.23. The minimum Gasteiger partial charge on any atom is -0.366 e. The molecule has 116 valence electrons. The van der Waals surface area contributed by atoms with Gasteiger partial charge in [0.15, 0.2) is 0 Å². The van der Waals surface area contributed by atoms with Crippen molar-refractivity contribution in [3.8, 4) is 0 Å². The van der Waals surface area contributed by atoms with E-state index in [0.717, 1.165) is 5.56 Å². The average Bonchev–Trinajstić information content (AvgIpc) is 2.55. The molecule has 1 heterocycles. The SMILES string of the molecule is Fc1ccc(CNc2ccnc(Nc3cccc(F)c3)n2)cc1. The van der Waals surface area contributed by atoms with Crippen LogP contribution in [0.3, 0.4) is 0 Å². The van der Waals surface area contributed by atoms with Gasteiger partial charge in [-0.1, -0.05) is 18.2 Å². The highest BCUT2D eigenvalue weighted by Gasteiger charge is 2.01. The van der Waals surface area contributed by atoms with Crippen LogP contribution in [-0.4, -0.2) is 9.97 Å². The number of hydrogen-bond acceptors (Lipinski definition) is 4. The van der Waals surface area contributed by atoms with Crippen molar-refractivity contribution in [3.05, 3.63) is 78.0 Å². The first-order chi connectivity index (χ1) is 11.2. The molecule has 0 saturated carbocycles. The number of nitrogens with one attached hydrogen (secondary N) is 2. The third-order valence-electron chi connectivity index (χ3n) is 3.12. The summed E-state index contributed by atoms with van der Waals surface area (Å²) >= 11 is 0. The normalized spacial score (nSPS) is 10.3. The van der Waals surface area contributed by atoms with Gasteiger partial charge < -0.3 is 10.6 Å². The number of aromatic nitrogens is 2. The van der Waals surface area contributed by atoms with Crippen LogP contribution in [0, 0.1) is 11.6 Å². The lowest BCUT2D eigenvalue weighted by Gasteiger charge is -2.08. The molecule has 0 aliphatic carbocycles. The zero-order valence-electron chi connectivity index (χ0n) is 12.1. The quantitative estimate of drug-likeness (QED) is 0.744. The maximum absolute atomic E-state index is 13.2. The fourth-order valence-corrected chi connectivity index (χ4v) is 2.01. The Kier molecular flexibility index (Phi) is 4.42. The van der Waals surface area contributed by atoms with Crippen LogP contribution >= 0.6 is 0 Å². The van der Waals surface area contributed by atoms with E-state index in [9.17, 15) is 8.78 Å². The molecule has 0 aliphatic rings. The van der Waals surface area contributed by atoms with Crippen molar-refractivity contribution in [1.29, 1.82) is 0 Å². The Morgan fingerprint density at radius 2 is 1.74 bits per heavy atom. The maximum atomic E-state index is 13.2. The van der Waals surface area contributed by atoms with Crippen LogP contribution < -0.4 is 10.6 Å². The minimum atomic E-state index is -0.333. The topological polar surface area (TPSA) is 49.8 Å². The molecule has 4 nitrogen and oxygen atoms in total. The Morgan fingerprint density at radius 3 is 2.52 bits per heavy atom. The molecule has 6 heteroatoms. The first kappa shape index (κ1) is 14.9. The Balaban J connectivity index is 1.66. The first-order valence-corrected chi connectivity index (χ1v) is 7.03. The van der Waals surface area contributed by atoms with Crippen molar-refractivity contribution in [2.45, 2.75) is 6.54 Å². The summed E-state index contributed by atoms with van der Waals surface area (Å²) in [6, 6.07) is 14.0. The Bertz CT molecular complexity index is 791. The van der Waals surface area contributed by atoms with Gasteiger partial charge >= 0.3 is 0 Å². The van der Waals surface area contributed by atoms with Gasteiger partial charge in [0.05, 0.1) is 0 Å². The maximum Gasteiger partial charge on any atom is 0.229 e. The second-order valence-corrected chi connectivity index (χ2v) is 4.88. The summed E-state index contributed by atoms with van der Waals surface area (Å²) in [6.45, 7) is 0.511. The van der Waals surface area contributed by atoms with E-state index >= 15 is 0 Å². The van der Waals surface area contributed by atoms with Gasteiger partial charge in [-0.05, 0) is 42.0 Å². The summed E-state index contributed by atoms with van der Waals surface area (Å²) in [5, 5.41) is 6.07. The van der Waals surface area contributed by atoms with Gasteiger partial charge in [-0.15, -0.1) is 0 Å². The first-order valence-electron chi connectivity index (χ1n) is 7.03. The lowest BCUT2D eigenvalue weighted by atomic mass is 10.2. The highest BCUT2D eigenvalue weighted by atomic mass is 19.1. The number of rotatable bonds is 5. The number of nitrogens with zero attached hydrogens (tertiary/aromatic N) is 2. The second-order valence-electron chi connectivity index (χ2n) is 4.88. The third-order valence-corrected chi connectivity index (χ3v) is 3.12. The molecule has 0 bridgehead atoms. The molecule has 0 unspecified atom stereocenters. The monoisotopic (exact) mass is 312 g/mol. The van der Waals surface area contributed by atoms with Gasteiger partial charge in [0.2, 0.25) is 5.95 Å². The summed E-state index contributed by atoms with van der Waals surface area (Å²) in [6.07, 6.45) is 1.60. The molecule has 0 fully saturated rings.